The number of aromatic hydroxyl groups is 1. The van der Waals surface area contributed by atoms with E-state index < -0.39 is 70.4 Å². The Bertz CT molecular complexity index is 2270. The number of aliphatic carboxylic acids is 1. The van der Waals surface area contributed by atoms with Crippen LogP contribution in [0, 0.1) is 29.5 Å². The van der Waals surface area contributed by atoms with Crippen molar-refractivity contribution in [1.29, 1.82) is 0 Å². The molecule has 4 aromatic carbocycles. The van der Waals surface area contributed by atoms with Crippen molar-refractivity contribution in [2.45, 2.75) is 43.6 Å². The number of anilines is 1. The normalized spacial score (nSPS) is 25.4. The third-order valence-corrected chi connectivity index (χ3v) is 11.9. The molecule has 0 radical (unpaired) electrons. The van der Waals surface area contributed by atoms with Crippen molar-refractivity contribution in [3.63, 3.8) is 0 Å². The van der Waals surface area contributed by atoms with Gasteiger partial charge < -0.3 is 14.9 Å². The number of allylic oxidation sites excluding steroid dienone is 2. The smallest absolute Gasteiger partial charge is 0.303 e. The number of carbonyl (C=O) groups excluding carboxylic acids is 4. The summed E-state index contributed by atoms with van der Waals surface area (Å²) in [6.45, 7) is 0.171. The van der Waals surface area contributed by atoms with Crippen molar-refractivity contribution in [2.24, 2.45) is 23.7 Å². The van der Waals surface area contributed by atoms with Crippen LogP contribution in [0.2, 0.25) is 5.02 Å². The first-order valence-electron chi connectivity index (χ1n) is 18.4. The minimum Gasteiger partial charge on any atom is -0.508 e. The van der Waals surface area contributed by atoms with E-state index in [-0.39, 0.29) is 50.3 Å². The molecule has 4 aliphatic rings. The van der Waals surface area contributed by atoms with E-state index in [0.29, 0.717) is 27.5 Å². The monoisotopic (exact) mass is 777 g/mol. The number of hydrazine groups is 1. The van der Waals surface area contributed by atoms with E-state index in [1.54, 1.807) is 36.4 Å². The van der Waals surface area contributed by atoms with Crippen molar-refractivity contribution >= 4 is 46.9 Å². The second kappa shape index (κ2) is 14.6. The average Bonchev–Trinajstić information content (AvgIpc) is 3.56. The Morgan fingerprint density at radius 1 is 0.911 bits per heavy atom. The molecular weight excluding hydrogens is 741 g/mol. The quantitative estimate of drug-likeness (QED) is 0.113. The number of hydrogen-bond donors (Lipinski definition) is 3. The van der Waals surface area contributed by atoms with Gasteiger partial charge in [0.05, 0.1) is 28.9 Å². The van der Waals surface area contributed by atoms with Gasteiger partial charge in [0, 0.05) is 35.5 Å². The Balaban J connectivity index is 1.27. The van der Waals surface area contributed by atoms with Crippen LogP contribution in [-0.2, 0) is 36.0 Å². The number of nitrogens with one attached hydrogen (secondary N) is 1. The predicted octanol–water partition coefficient (Wildman–Crippen LogP) is 6.61. The predicted molar refractivity (Wildman–Crippen MR) is 201 cm³/mol. The van der Waals surface area contributed by atoms with Crippen molar-refractivity contribution in [3.05, 3.63) is 136 Å². The van der Waals surface area contributed by atoms with E-state index in [1.165, 1.54) is 30.3 Å². The van der Waals surface area contributed by atoms with Gasteiger partial charge in [-0.3, -0.25) is 34.3 Å². The first-order chi connectivity index (χ1) is 27.0. The van der Waals surface area contributed by atoms with E-state index >= 15 is 4.79 Å². The second-order valence-electron chi connectivity index (χ2n) is 14.7. The zero-order valence-electron chi connectivity index (χ0n) is 29.9. The number of likely N-dealkylation sites (tertiary alicyclic amines) is 1. The lowest BCUT2D eigenvalue weighted by Gasteiger charge is -2.50. The lowest BCUT2D eigenvalue weighted by molar-refractivity contribution is -0.142. The molecule has 56 heavy (non-hydrogen) atoms. The molecule has 2 saturated heterocycles. The summed E-state index contributed by atoms with van der Waals surface area (Å²) in [7, 11) is 0. The van der Waals surface area contributed by atoms with E-state index in [2.05, 4.69) is 5.43 Å². The van der Waals surface area contributed by atoms with Crippen LogP contribution < -0.4 is 10.2 Å². The third kappa shape index (κ3) is 6.18. The number of carboxylic acid groups (broad SMARTS) is 1. The fraction of sp³-hybridized carbons (Fsp3) is 0.279. The number of phenolic OH excluding ortho intramolecular Hbond substituents is 1. The number of amides is 4. The highest BCUT2D eigenvalue weighted by Crippen LogP contribution is 2.65. The van der Waals surface area contributed by atoms with E-state index in [4.69, 9.17) is 16.3 Å². The molecule has 3 N–H and O–H groups in total. The highest BCUT2D eigenvalue weighted by atomic mass is 35.5. The minimum atomic E-state index is -1.68. The van der Waals surface area contributed by atoms with Gasteiger partial charge in [-0.05, 0) is 78.8 Å². The zero-order chi connectivity index (χ0) is 39.3. The van der Waals surface area contributed by atoms with Gasteiger partial charge in [-0.25, -0.2) is 4.39 Å². The largest absolute Gasteiger partial charge is 0.508 e. The number of carboxylic acids is 1. The van der Waals surface area contributed by atoms with Gasteiger partial charge in [0.15, 0.2) is 0 Å². The zero-order valence-corrected chi connectivity index (χ0v) is 30.7. The summed E-state index contributed by atoms with van der Waals surface area (Å²) in [5.41, 5.74) is 3.81. The molecule has 3 fully saturated rings. The molecule has 8 rings (SSSR count). The SMILES string of the molecule is O=C(O)CCCN1C(=O)C2CC=C3C(CC4C(=O)N(Nc5ccc(F)cc5)C(=O)C4(c4ccc(Cl)cc4)C3c3ccc(OCc4ccccc4)cc3O)C2C1=O. The van der Waals surface area contributed by atoms with Crippen LogP contribution in [0.25, 0.3) is 0 Å². The molecule has 0 spiro atoms. The Labute approximate surface area is 326 Å². The molecule has 6 unspecified atom stereocenters. The van der Waals surface area contributed by atoms with Crippen LogP contribution in [0.3, 0.4) is 0 Å². The Kier molecular flexibility index (Phi) is 9.61. The van der Waals surface area contributed by atoms with Crippen molar-refractivity contribution in [3.8, 4) is 11.5 Å². The van der Waals surface area contributed by atoms with Gasteiger partial charge in [-0.1, -0.05) is 71.8 Å². The molecule has 0 bridgehead atoms. The summed E-state index contributed by atoms with van der Waals surface area (Å²) in [5.74, 6) is -7.91. The van der Waals surface area contributed by atoms with Crippen molar-refractivity contribution in [1.82, 2.24) is 9.91 Å². The fourth-order valence-electron chi connectivity index (χ4n) is 9.27. The van der Waals surface area contributed by atoms with E-state index in [9.17, 15) is 33.8 Å². The molecule has 2 aliphatic carbocycles. The Morgan fingerprint density at radius 3 is 2.34 bits per heavy atom. The molecule has 4 aromatic rings. The van der Waals surface area contributed by atoms with Crippen LogP contribution in [0.1, 0.15) is 48.3 Å². The number of phenols is 1. The molecule has 13 heteroatoms. The topological polar surface area (TPSA) is 154 Å². The highest BCUT2D eigenvalue weighted by Gasteiger charge is 2.70. The van der Waals surface area contributed by atoms with Gasteiger partial charge in [0.25, 0.3) is 11.8 Å². The maximum atomic E-state index is 15.3. The number of carbonyl (C=O) groups is 5. The molecule has 0 aromatic heterocycles. The van der Waals surface area contributed by atoms with E-state index in [1.807, 2.05) is 36.4 Å². The molecule has 2 aliphatic heterocycles. The number of hydrogen-bond acceptors (Lipinski definition) is 8. The van der Waals surface area contributed by atoms with Gasteiger partial charge in [-0.15, -0.1) is 0 Å². The second-order valence-corrected chi connectivity index (χ2v) is 15.1. The van der Waals surface area contributed by atoms with Crippen LogP contribution in [0.4, 0.5) is 10.1 Å². The van der Waals surface area contributed by atoms with Gasteiger partial charge in [0.2, 0.25) is 11.8 Å². The van der Waals surface area contributed by atoms with Crippen molar-refractivity contribution < 1.29 is 43.3 Å². The lowest BCUT2D eigenvalue weighted by Crippen LogP contribution is -2.53. The molecule has 4 amide bonds. The summed E-state index contributed by atoms with van der Waals surface area (Å²) in [6, 6.07) is 26.1. The van der Waals surface area contributed by atoms with Crippen LogP contribution in [0.5, 0.6) is 11.5 Å². The molecule has 1 saturated carbocycles. The summed E-state index contributed by atoms with van der Waals surface area (Å²) < 4.78 is 19.9. The molecule has 2 heterocycles. The number of fused-ring (bicyclic) bond motifs is 4. The standard InChI is InChI=1S/C43H37ClFN3O8/c44-26-10-8-25(9-11-26)43-34(40(53)48(42(43)55)46-28-14-12-27(45)13-15-28)22-33-30(18-19-32-37(33)41(54)47(39(32)52)20-4-7-36(50)51)38(43)31-17-16-29(21-35(31)49)56-23-24-5-2-1-3-6-24/h1-3,5-6,8-18,21,32-34,37-38,46,49H,4,7,19-20,22-23H2,(H,50,51). The maximum absolute atomic E-state index is 15.3. The highest BCUT2D eigenvalue weighted by molar-refractivity contribution is 6.30. The number of halogens is 2. The number of ether oxygens (including phenoxy) is 1. The van der Waals surface area contributed by atoms with E-state index in [0.717, 1.165) is 15.5 Å². The number of imide groups is 2. The lowest BCUT2D eigenvalue weighted by atomic mass is 9.49. The minimum absolute atomic E-state index is 0.0132. The Morgan fingerprint density at radius 2 is 1.64 bits per heavy atom. The first kappa shape index (κ1) is 36.9. The van der Waals surface area contributed by atoms with Gasteiger partial charge in [-0.2, -0.15) is 5.01 Å². The number of benzene rings is 4. The van der Waals surface area contributed by atoms with Crippen LogP contribution in [0.15, 0.2) is 109 Å². The summed E-state index contributed by atoms with van der Waals surface area (Å²) in [5, 5.41) is 22.5. The number of rotatable bonds is 11. The summed E-state index contributed by atoms with van der Waals surface area (Å²) in [6.07, 6.45) is 1.91. The molecule has 6 atom stereocenters. The number of nitrogens with zero attached hydrogens (tertiary/aromatic N) is 2. The fourth-order valence-corrected chi connectivity index (χ4v) is 9.40. The Hall–Kier alpha value is -6.01. The molecule has 11 nitrogen and oxygen atoms in total. The first-order valence-corrected chi connectivity index (χ1v) is 18.8. The maximum Gasteiger partial charge on any atom is 0.303 e. The molecular formula is C43H37ClFN3O8. The third-order valence-electron chi connectivity index (χ3n) is 11.7. The van der Waals surface area contributed by atoms with Crippen LogP contribution >= 0.6 is 11.6 Å². The van der Waals surface area contributed by atoms with Crippen LogP contribution in [-0.4, -0.2) is 56.3 Å². The summed E-state index contributed by atoms with van der Waals surface area (Å²) in [4.78, 5) is 70.5. The van der Waals surface area contributed by atoms with Gasteiger partial charge >= 0.3 is 5.97 Å². The van der Waals surface area contributed by atoms with Gasteiger partial charge in [0.1, 0.15) is 23.9 Å². The summed E-state index contributed by atoms with van der Waals surface area (Å²) >= 11 is 6.37. The van der Waals surface area contributed by atoms with Crippen molar-refractivity contribution in [2.75, 3.05) is 12.0 Å². The average molecular weight is 778 g/mol. The molecule has 286 valence electrons.